The molecule has 0 bridgehead atoms. The molecule has 1 heterocycles. The summed E-state index contributed by atoms with van der Waals surface area (Å²) in [4.78, 5) is 0. The lowest BCUT2D eigenvalue weighted by Gasteiger charge is -2.18. The molecule has 2 aromatic rings. The smallest absolute Gasteiger partial charge is 0.160 e. The maximum Gasteiger partial charge on any atom is 0.160 e. The van der Waals surface area contributed by atoms with Crippen LogP contribution in [0.4, 0.5) is 0 Å². The van der Waals surface area contributed by atoms with Crippen LogP contribution in [0, 0.1) is 0 Å². The molecule has 1 unspecified atom stereocenters. The third kappa shape index (κ3) is 3.34. The lowest BCUT2D eigenvalue weighted by atomic mass is 10.0. The molecule has 1 atom stereocenters. The Morgan fingerprint density at radius 2 is 2.00 bits per heavy atom. The molecule has 0 fully saturated rings. The van der Waals surface area contributed by atoms with Crippen molar-refractivity contribution < 1.29 is 9.47 Å². The minimum atomic E-state index is -0.00875. The maximum atomic E-state index is 5.71. The van der Waals surface area contributed by atoms with Crippen LogP contribution in [0.25, 0.3) is 0 Å². The van der Waals surface area contributed by atoms with Gasteiger partial charge in [0.05, 0.1) is 26.0 Å². The van der Waals surface area contributed by atoms with Gasteiger partial charge in [0.2, 0.25) is 0 Å². The average molecular weight is 290 g/mol. The summed E-state index contributed by atoms with van der Waals surface area (Å²) in [7, 11) is 3.26. The van der Waals surface area contributed by atoms with Gasteiger partial charge >= 0.3 is 0 Å². The summed E-state index contributed by atoms with van der Waals surface area (Å²) in [6.07, 6.45) is 2.53. The molecular weight excluding hydrogens is 268 g/mol. The highest BCUT2D eigenvalue weighted by atomic mass is 16.5. The SMILES string of the molecule is CCn1nccc1C(Cc1ccc(OC)c(OC)c1)NN. The number of aryl methyl sites for hydroxylation is 1. The van der Waals surface area contributed by atoms with E-state index in [0.29, 0.717) is 0 Å². The molecule has 1 aromatic heterocycles. The Labute approximate surface area is 124 Å². The minimum Gasteiger partial charge on any atom is -0.493 e. The van der Waals surface area contributed by atoms with E-state index in [1.54, 1.807) is 20.4 Å². The number of hydrazine groups is 1. The van der Waals surface area contributed by atoms with Gasteiger partial charge in [-0.05, 0) is 37.1 Å². The maximum absolute atomic E-state index is 5.71. The zero-order valence-corrected chi connectivity index (χ0v) is 12.7. The van der Waals surface area contributed by atoms with Crippen molar-refractivity contribution >= 4 is 0 Å². The van der Waals surface area contributed by atoms with Crippen LogP contribution in [-0.2, 0) is 13.0 Å². The molecule has 0 spiro atoms. The average Bonchev–Trinajstić information content (AvgIpc) is 3.00. The fourth-order valence-corrected chi connectivity index (χ4v) is 2.40. The molecule has 0 amide bonds. The number of hydrogen-bond donors (Lipinski definition) is 2. The number of rotatable bonds is 7. The van der Waals surface area contributed by atoms with Crippen molar-refractivity contribution in [2.24, 2.45) is 5.84 Å². The standard InChI is InChI=1S/C15H22N4O2/c1-4-19-13(7-8-17-19)12(18-16)9-11-5-6-14(20-2)15(10-11)21-3/h5-8,10,12,18H,4,9,16H2,1-3H3. The van der Waals surface area contributed by atoms with Crippen molar-refractivity contribution in [1.29, 1.82) is 0 Å². The predicted molar refractivity (Wildman–Crippen MR) is 81.2 cm³/mol. The van der Waals surface area contributed by atoms with Crippen LogP contribution in [0.2, 0.25) is 0 Å². The van der Waals surface area contributed by atoms with Crippen LogP contribution in [-0.4, -0.2) is 24.0 Å². The largest absolute Gasteiger partial charge is 0.493 e. The van der Waals surface area contributed by atoms with E-state index in [2.05, 4.69) is 17.4 Å². The number of ether oxygens (including phenoxy) is 2. The van der Waals surface area contributed by atoms with E-state index in [1.807, 2.05) is 28.9 Å². The summed E-state index contributed by atoms with van der Waals surface area (Å²) in [5.41, 5.74) is 5.04. The Hall–Kier alpha value is -2.05. The molecule has 0 aliphatic rings. The van der Waals surface area contributed by atoms with Crippen molar-refractivity contribution in [3.8, 4) is 11.5 Å². The Kier molecular flexibility index (Phi) is 5.19. The van der Waals surface area contributed by atoms with Crippen molar-refractivity contribution in [2.75, 3.05) is 14.2 Å². The molecule has 6 nitrogen and oxygen atoms in total. The van der Waals surface area contributed by atoms with Gasteiger partial charge in [-0.2, -0.15) is 5.10 Å². The summed E-state index contributed by atoms with van der Waals surface area (Å²) in [5.74, 6) is 7.15. The van der Waals surface area contributed by atoms with E-state index in [9.17, 15) is 0 Å². The summed E-state index contributed by atoms with van der Waals surface area (Å²) < 4.78 is 12.5. The third-order valence-corrected chi connectivity index (χ3v) is 3.49. The summed E-state index contributed by atoms with van der Waals surface area (Å²) in [5, 5.41) is 4.28. The quantitative estimate of drug-likeness (QED) is 0.599. The van der Waals surface area contributed by atoms with Crippen LogP contribution in [0.5, 0.6) is 11.5 Å². The van der Waals surface area contributed by atoms with Gasteiger partial charge in [-0.15, -0.1) is 0 Å². The summed E-state index contributed by atoms with van der Waals surface area (Å²) in [6.45, 7) is 2.87. The van der Waals surface area contributed by atoms with Crippen LogP contribution in [0.3, 0.4) is 0 Å². The normalized spacial score (nSPS) is 12.2. The first-order valence-corrected chi connectivity index (χ1v) is 6.92. The molecule has 114 valence electrons. The number of hydrogen-bond acceptors (Lipinski definition) is 5. The molecule has 2 rings (SSSR count). The lowest BCUT2D eigenvalue weighted by molar-refractivity contribution is 0.354. The predicted octanol–water partition coefficient (Wildman–Crippen LogP) is 1.67. The topological polar surface area (TPSA) is 74.3 Å². The zero-order valence-electron chi connectivity index (χ0n) is 12.7. The Bertz CT molecular complexity index is 583. The Morgan fingerprint density at radius 3 is 2.62 bits per heavy atom. The van der Waals surface area contributed by atoms with Gasteiger partial charge in [0.15, 0.2) is 11.5 Å². The first-order chi connectivity index (χ1) is 10.2. The molecule has 0 aliphatic carbocycles. The second kappa shape index (κ2) is 7.10. The number of nitrogens with one attached hydrogen (secondary N) is 1. The van der Waals surface area contributed by atoms with Gasteiger partial charge in [-0.3, -0.25) is 16.0 Å². The molecule has 1 aromatic carbocycles. The van der Waals surface area contributed by atoms with Gasteiger partial charge in [0, 0.05) is 12.7 Å². The number of nitrogens with two attached hydrogens (primary N) is 1. The molecular formula is C15H22N4O2. The minimum absolute atomic E-state index is 0.00875. The first-order valence-electron chi connectivity index (χ1n) is 6.92. The van der Waals surface area contributed by atoms with E-state index in [-0.39, 0.29) is 6.04 Å². The highest BCUT2D eigenvalue weighted by molar-refractivity contribution is 5.43. The molecule has 0 saturated carbocycles. The molecule has 21 heavy (non-hydrogen) atoms. The van der Waals surface area contributed by atoms with E-state index in [1.165, 1.54) is 0 Å². The number of methoxy groups -OCH3 is 2. The van der Waals surface area contributed by atoms with Crippen molar-refractivity contribution in [3.63, 3.8) is 0 Å². The van der Waals surface area contributed by atoms with Crippen LogP contribution >= 0.6 is 0 Å². The van der Waals surface area contributed by atoms with Crippen molar-refractivity contribution in [2.45, 2.75) is 25.9 Å². The van der Waals surface area contributed by atoms with Crippen molar-refractivity contribution in [3.05, 3.63) is 41.7 Å². The lowest BCUT2D eigenvalue weighted by Crippen LogP contribution is -2.31. The van der Waals surface area contributed by atoms with Crippen LogP contribution < -0.4 is 20.7 Å². The Balaban J connectivity index is 2.23. The van der Waals surface area contributed by atoms with Gasteiger partial charge in [0.25, 0.3) is 0 Å². The number of aromatic nitrogens is 2. The van der Waals surface area contributed by atoms with Gasteiger partial charge in [-0.1, -0.05) is 6.07 Å². The van der Waals surface area contributed by atoms with E-state index in [0.717, 1.165) is 35.7 Å². The third-order valence-electron chi connectivity index (χ3n) is 3.49. The monoisotopic (exact) mass is 290 g/mol. The molecule has 3 N–H and O–H groups in total. The molecule has 0 radical (unpaired) electrons. The highest BCUT2D eigenvalue weighted by Gasteiger charge is 2.16. The van der Waals surface area contributed by atoms with E-state index < -0.39 is 0 Å². The summed E-state index contributed by atoms with van der Waals surface area (Å²) in [6, 6.07) is 7.85. The highest BCUT2D eigenvalue weighted by Crippen LogP contribution is 2.29. The Morgan fingerprint density at radius 1 is 1.24 bits per heavy atom. The van der Waals surface area contributed by atoms with Gasteiger partial charge < -0.3 is 9.47 Å². The number of benzene rings is 1. The van der Waals surface area contributed by atoms with Gasteiger partial charge in [0.1, 0.15) is 0 Å². The number of nitrogens with zero attached hydrogens (tertiary/aromatic N) is 2. The van der Waals surface area contributed by atoms with Crippen molar-refractivity contribution in [1.82, 2.24) is 15.2 Å². The summed E-state index contributed by atoms with van der Waals surface area (Å²) >= 11 is 0. The second-order valence-electron chi connectivity index (χ2n) is 4.68. The van der Waals surface area contributed by atoms with Crippen LogP contribution in [0.1, 0.15) is 24.2 Å². The van der Waals surface area contributed by atoms with E-state index in [4.69, 9.17) is 15.3 Å². The fourth-order valence-electron chi connectivity index (χ4n) is 2.40. The van der Waals surface area contributed by atoms with Gasteiger partial charge in [-0.25, -0.2) is 0 Å². The second-order valence-corrected chi connectivity index (χ2v) is 4.68. The molecule has 6 heteroatoms. The zero-order chi connectivity index (χ0) is 15.2. The molecule has 0 saturated heterocycles. The van der Waals surface area contributed by atoms with E-state index >= 15 is 0 Å². The first kappa shape index (κ1) is 15.3. The molecule has 0 aliphatic heterocycles. The fraction of sp³-hybridized carbons (Fsp3) is 0.400. The van der Waals surface area contributed by atoms with Crippen LogP contribution in [0.15, 0.2) is 30.5 Å².